The van der Waals surface area contributed by atoms with Crippen molar-refractivity contribution in [3.8, 4) is 0 Å². The van der Waals surface area contributed by atoms with Gasteiger partial charge in [0, 0.05) is 5.54 Å². The third kappa shape index (κ3) is 1.04. The number of hydrogen-bond acceptors (Lipinski definition) is 2. The van der Waals surface area contributed by atoms with Gasteiger partial charge < -0.3 is 5.11 Å². The van der Waals surface area contributed by atoms with Crippen molar-refractivity contribution in [2.45, 2.75) is 44.2 Å². The number of aliphatic carboxylic acids is 1. The molecule has 1 saturated carbocycles. The molecular weight excluding hydrogens is 154 g/mol. The van der Waals surface area contributed by atoms with Gasteiger partial charge in [0.2, 0.25) is 0 Å². The van der Waals surface area contributed by atoms with E-state index in [0.717, 1.165) is 12.8 Å². The van der Waals surface area contributed by atoms with Gasteiger partial charge in [-0.1, -0.05) is 6.42 Å². The fraction of sp³-hybridized carbons (Fsp3) is 0.889. The minimum absolute atomic E-state index is 0.128. The highest BCUT2D eigenvalue weighted by Crippen LogP contribution is 2.43. The molecule has 1 saturated heterocycles. The van der Waals surface area contributed by atoms with Crippen molar-refractivity contribution in [2.75, 3.05) is 0 Å². The van der Waals surface area contributed by atoms with E-state index in [1.165, 1.54) is 12.8 Å². The first kappa shape index (κ1) is 8.05. The molecule has 0 aromatic carbocycles. The molecule has 1 heterocycles. The molecular formula is C9H15NO2. The molecule has 3 atom stereocenters. The number of nitrogens with one attached hydrogen (secondary N) is 1. The molecule has 0 radical (unpaired) electrons. The Hall–Kier alpha value is -0.570. The van der Waals surface area contributed by atoms with E-state index in [-0.39, 0.29) is 11.6 Å². The zero-order chi connectivity index (χ0) is 8.77. The van der Waals surface area contributed by atoms with Gasteiger partial charge in [-0.2, -0.15) is 0 Å². The standard InChI is InChI=1S/C9H15NO2/c1-9-4-2-3-6(9)5-7(10-9)8(11)12/h6-7,10H,2-5H2,1H3,(H,11,12). The summed E-state index contributed by atoms with van der Waals surface area (Å²) in [4.78, 5) is 10.7. The summed E-state index contributed by atoms with van der Waals surface area (Å²) < 4.78 is 0. The second-order valence-corrected chi connectivity index (χ2v) is 4.28. The summed E-state index contributed by atoms with van der Waals surface area (Å²) >= 11 is 0. The molecule has 3 nitrogen and oxygen atoms in total. The highest BCUT2D eigenvalue weighted by molar-refractivity contribution is 5.74. The van der Waals surface area contributed by atoms with Crippen LogP contribution in [-0.2, 0) is 4.79 Å². The Kier molecular flexibility index (Phi) is 1.65. The lowest BCUT2D eigenvalue weighted by Gasteiger charge is -2.24. The lowest BCUT2D eigenvalue weighted by atomic mass is 9.91. The van der Waals surface area contributed by atoms with Gasteiger partial charge in [-0.3, -0.25) is 10.1 Å². The zero-order valence-corrected chi connectivity index (χ0v) is 7.34. The van der Waals surface area contributed by atoms with Gasteiger partial charge >= 0.3 is 5.97 Å². The van der Waals surface area contributed by atoms with Crippen LogP contribution in [0.3, 0.4) is 0 Å². The Bertz CT molecular complexity index is 217. The van der Waals surface area contributed by atoms with Crippen LogP contribution in [0.4, 0.5) is 0 Å². The summed E-state index contributed by atoms with van der Waals surface area (Å²) in [7, 11) is 0. The lowest BCUT2D eigenvalue weighted by Crippen LogP contribution is -2.43. The van der Waals surface area contributed by atoms with E-state index in [9.17, 15) is 4.79 Å². The van der Waals surface area contributed by atoms with Gasteiger partial charge in [0.25, 0.3) is 0 Å². The topological polar surface area (TPSA) is 49.3 Å². The SMILES string of the molecule is CC12CCCC1CC(C(=O)O)N2. The maximum Gasteiger partial charge on any atom is 0.320 e. The van der Waals surface area contributed by atoms with Gasteiger partial charge in [-0.15, -0.1) is 0 Å². The molecule has 12 heavy (non-hydrogen) atoms. The van der Waals surface area contributed by atoms with E-state index in [2.05, 4.69) is 12.2 Å². The van der Waals surface area contributed by atoms with Crippen LogP contribution < -0.4 is 5.32 Å². The van der Waals surface area contributed by atoms with E-state index < -0.39 is 5.97 Å². The molecule has 68 valence electrons. The molecule has 0 bridgehead atoms. The number of rotatable bonds is 1. The summed E-state index contributed by atoms with van der Waals surface area (Å²) in [5, 5.41) is 12.0. The predicted octanol–water partition coefficient (Wildman–Crippen LogP) is 0.992. The average Bonchev–Trinajstić information content (AvgIpc) is 2.41. The molecule has 0 amide bonds. The maximum atomic E-state index is 10.7. The largest absolute Gasteiger partial charge is 0.480 e. The summed E-state index contributed by atoms with van der Waals surface area (Å²) in [6, 6.07) is -0.291. The summed E-state index contributed by atoms with van der Waals surface area (Å²) in [5.41, 5.74) is 0.128. The summed E-state index contributed by atoms with van der Waals surface area (Å²) in [6.07, 6.45) is 4.42. The number of carboxylic acids is 1. The second-order valence-electron chi connectivity index (χ2n) is 4.28. The first-order valence-corrected chi connectivity index (χ1v) is 4.62. The van der Waals surface area contributed by atoms with E-state index >= 15 is 0 Å². The Morgan fingerprint density at radius 1 is 1.67 bits per heavy atom. The van der Waals surface area contributed by atoms with Crippen LogP contribution in [0.1, 0.15) is 32.6 Å². The molecule has 2 fully saturated rings. The number of hydrogen-bond donors (Lipinski definition) is 2. The third-order valence-electron chi connectivity index (χ3n) is 3.47. The predicted molar refractivity (Wildman–Crippen MR) is 44.9 cm³/mol. The fourth-order valence-electron chi connectivity index (χ4n) is 2.71. The molecule has 3 heteroatoms. The van der Waals surface area contributed by atoms with Crippen LogP contribution in [0.2, 0.25) is 0 Å². The van der Waals surface area contributed by atoms with Crippen LogP contribution in [0.5, 0.6) is 0 Å². The van der Waals surface area contributed by atoms with Crippen LogP contribution in [0, 0.1) is 5.92 Å². The number of carboxylic acid groups (broad SMARTS) is 1. The second kappa shape index (κ2) is 2.46. The van der Waals surface area contributed by atoms with Gasteiger partial charge in [0.1, 0.15) is 6.04 Å². The van der Waals surface area contributed by atoms with E-state index in [1.807, 2.05) is 0 Å². The van der Waals surface area contributed by atoms with Crippen molar-refractivity contribution in [2.24, 2.45) is 5.92 Å². The molecule has 2 N–H and O–H groups in total. The zero-order valence-electron chi connectivity index (χ0n) is 7.34. The summed E-state index contributed by atoms with van der Waals surface area (Å²) in [5.74, 6) is -0.0933. The third-order valence-corrected chi connectivity index (χ3v) is 3.47. The van der Waals surface area contributed by atoms with Crippen molar-refractivity contribution < 1.29 is 9.90 Å². The fourth-order valence-corrected chi connectivity index (χ4v) is 2.71. The van der Waals surface area contributed by atoms with Crippen LogP contribution in [0.25, 0.3) is 0 Å². The molecule has 0 spiro atoms. The first-order chi connectivity index (χ1) is 5.62. The lowest BCUT2D eigenvalue weighted by molar-refractivity contribution is -0.139. The highest BCUT2D eigenvalue weighted by Gasteiger charge is 2.48. The molecule has 0 aromatic rings. The van der Waals surface area contributed by atoms with Gasteiger partial charge in [0.15, 0.2) is 0 Å². The quantitative estimate of drug-likeness (QED) is 0.615. The number of fused-ring (bicyclic) bond motifs is 1. The Balaban J connectivity index is 2.11. The smallest absolute Gasteiger partial charge is 0.320 e. The molecule has 0 aromatic heterocycles. The van der Waals surface area contributed by atoms with Crippen LogP contribution in [-0.4, -0.2) is 22.7 Å². The van der Waals surface area contributed by atoms with Crippen molar-refractivity contribution in [1.29, 1.82) is 0 Å². The van der Waals surface area contributed by atoms with Crippen LogP contribution >= 0.6 is 0 Å². The Morgan fingerprint density at radius 2 is 2.42 bits per heavy atom. The van der Waals surface area contributed by atoms with Crippen molar-refractivity contribution in [1.82, 2.24) is 5.32 Å². The highest BCUT2D eigenvalue weighted by atomic mass is 16.4. The monoisotopic (exact) mass is 169 g/mol. The van der Waals surface area contributed by atoms with Gasteiger partial charge in [-0.25, -0.2) is 0 Å². The Morgan fingerprint density at radius 3 is 3.00 bits per heavy atom. The van der Waals surface area contributed by atoms with Crippen molar-refractivity contribution in [3.63, 3.8) is 0 Å². The first-order valence-electron chi connectivity index (χ1n) is 4.62. The van der Waals surface area contributed by atoms with E-state index in [4.69, 9.17) is 5.11 Å². The normalized spacial score (nSPS) is 46.1. The molecule has 2 rings (SSSR count). The molecule has 2 aliphatic rings. The maximum absolute atomic E-state index is 10.7. The van der Waals surface area contributed by atoms with Crippen molar-refractivity contribution in [3.05, 3.63) is 0 Å². The minimum atomic E-state index is -0.689. The van der Waals surface area contributed by atoms with Crippen LogP contribution in [0.15, 0.2) is 0 Å². The van der Waals surface area contributed by atoms with Crippen molar-refractivity contribution >= 4 is 5.97 Å². The van der Waals surface area contributed by atoms with E-state index in [1.54, 1.807) is 0 Å². The van der Waals surface area contributed by atoms with Gasteiger partial charge in [-0.05, 0) is 32.1 Å². The minimum Gasteiger partial charge on any atom is -0.480 e. The van der Waals surface area contributed by atoms with E-state index in [0.29, 0.717) is 5.92 Å². The Labute approximate surface area is 72.2 Å². The van der Waals surface area contributed by atoms with Gasteiger partial charge in [0.05, 0.1) is 0 Å². The molecule has 1 aliphatic carbocycles. The summed E-state index contributed by atoms with van der Waals surface area (Å²) in [6.45, 7) is 2.16. The number of carbonyl (C=O) groups is 1. The average molecular weight is 169 g/mol. The molecule has 3 unspecified atom stereocenters. The molecule has 1 aliphatic heterocycles.